The molecule has 0 aliphatic heterocycles. The van der Waals surface area contributed by atoms with Crippen LogP contribution in [0, 0.1) is 0 Å². The molecule has 0 aromatic carbocycles. The minimum absolute atomic E-state index is 0.240. The van der Waals surface area contributed by atoms with Gasteiger partial charge in [0.1, 0.15) is 0 Å². The van der Waals surface area contributed by atoms with Gasteiger partial charge in [0.15, 0.2) is 0 Å². The Bertz CT molecular complexity index is 196. The molecule has 0 amide bonds. The van der Waals surface area contributed by atoms with Gasteiger partial charge in [-0.1, -0.05) is 13.0 Å². The molecule has 4 heteroatoms. The number of carboxylic acids is 1. The second-order valence-electron chi connectivity index (χ2n) is 2.50. The molecular weight excluding hydrogens is 172 g/mol. The predicted molar refractivity (Wildman–Crippen MR) is 47.3 cm³/mol. The molecule has 0 unspecified atom stereocenters. The molecule has 13 heavy (non-hydrogen) atoms. The predicted octanol–water partition coefficient (Wildman–Crippen LogP) is 1.36. The standard InChI is InChI=1S/C9H14O4/c1-2-7-13-9(12)6-4-3-5-8(10)11/h3,5H,2,4,6-7H2,1H3,(H,10,11)/b5-3+. The number of carboxylic acid groups (broad SMARTS) is 1. The minimum Gasteiger partial charge on any atom is -0.478 e. The molecule has 0 spiro atoms. The van der Waals surface area contributed by atoms with E-state index in [0.29, 0.717) is 13.0 Å². The molecule has 0 saturated carbocycles. The molecule has 0 bridgehead atoms. The van der Waals surface area contributed by atoms with Gasteiger partial charge in [-0.05, 0) is 12.8 Å². The first-order valence-corrected chi connectivity index (χ1v) is 4.22. The van der Waals surface area contributed by atoms with Crippen LogP contribution in [0.1, 0.15) is 26.2 Å². The third-order valence-corrected chi connectivity index (χ3v) is 1.24. The number of rotatable bonds is 6. The fraction of sp³-hybridized carbons (Fsp3) is 0.556. The van der Waals surface area contributed by atoms with Gasteiger partial charge in [0, 0.05) is 12.5 Å². The van der Waals surface area contributed by atoms with Crippen molar-refractivity contribution in [2.24, 2.45) is 0 Å². The van der Waals surface area contributed by atoms with Crippen LogP contribution in [-0.4, -0.2) is 23.7 Å². The minimum atomic E-state index is -0.998. The zero-order valence-corrected chi connectivity index (χ0v) is 7.66. The SMILES string of the molecule is CCCOC(=O)CC/C=C/C(=O)O. The van der Waals surface area contributed by atoms with Crippen LogP contribution >= 0.6 is 0 Å². The molecule has 4 nitrogen and oxygen atoms in total. The Labute approximate surface area is 77.2 Å². The largest absolute Gasteiger partial charge is 0.478 e. The lowest BCUT2D eigenvalue weighted by Gasteiger charge is -1.99. The first kappa shape index (κ1) is 11.7. The molecule has 0 aromatic rings. The number of esters is 1. The molecule has 0 heterocycles. The van der Waals surface area contributed by atoms with Crippen LogP contribution in [-0.2, 0) is 14.3 Å². The van der Waals surface area contributed by atoms with Crippen molar-refractivity contribution in [2.75, 3.05) is 6.61 Å². The van der Waals surface area contributed by atoms with E-state index in [1.165, 1.54) is 6.08 Å². The van der Waals surface area contributed by atoms with Gasteiger partial charge in [-0.25, -0.2) is 4.79 Å². The Morgan fingerprint density at radius 3 is 2.69 bits per heavy atom. The Morgan fingerprint density at radius 1 is 1.46 bits per heavy atom. The van der Waals surface area contributed by atoms with Gasteiger partial charge in [0.25, 0.3) is 0 Å². The van der Waals surface area contributed by atoms with Crippen molar-refractivity contribution in [2.45, 2.75) is 26.2 Å². The van der Waals surface area contributed by atoms with Gasteiger partial charge < -0.3 is 9.84 Å². The van der Waals surface area contributed by atoms with E-state index in [9.17, 15) is 9.59 Å². The Hall–Kier alpha value is -1.32. The summed E-state index contributed by atoms with van der Waals surface area (Å²) in [7, 11) is 0. The summed E-state index contributed by atoms with van der Waals surface area (Å²) >= 11 is 0. The van der Waals surface area contributed by atoms with Gasteiger partial charge >= 0.3 is 11.9 Å². The van der Waals surface area contributed by atoms with Crippen LogP contribution in [0.4, 0.5) is 0 Å². The zero-order chi connectivity index (χ0) is 10.1. The molecule has 0 aliphatic carbocycles. The summed E-state index contributed by atoms with van der Waals surface area (Å²) in [5.41, 5.74) is 0. The average molecular weight is 186 g/mol. The second kappa shape index (κ2) is 7.34. The van der Waals surface area contributed by atoms with Crippen LogP contribution in [0.25, 0.3) is 0 Å². The molecule has 74 valence electrons. The van der Waals surface area contributed by atoms with E-state index in [0.717, 1.165) is 12.5 Å². The van der Waals surface area contributed by atoms with Gasteiger partial charge in [0.05, 0.1) is 6.61 Å². The maximum atomic E-state index is 10.8. The molecule has 0 atom stereocenters. The first-order valence-electron chi connectivity index (χ1n) is 4.22. The monoisotopic (exact) mass is 186 g/mol. The van der Waals surface area contributed by atoms with Gasteiger partial charge in [-0.3, -0.25) is 4.79 Å². The van der Waals surface area contributed by atoms with Crippen molar-refractivity contribution in [3.05, 3.63) is 12.2 Å². The highest BCUT2D eigenvalue weighted by molar-refractivity contribution is 5.79. The first-order chi connectivity index (χ1) is 6.16. The molecule has 1 N–H and O–H groups in total. The summed E-state index contributed by atoms with van der Waals surface area (Å²) in [5, 5.41) is 8.22. The van der Waals surface area contributed by atoms with E-state index in [1.807, 2.05) is 6.92 Å². The number of hydrogen-bond donors (Lipinski definition) is 1. The molecule has 0 fully saturated rings. The average Bonchev–Trinajstić information content (AvgIpc) is 2.08. The van der Waals surface area contributed by atoms with E-state index in [2.05, 4.69) is 0 Å². The zero-order valence-electron chi connectivity index (χ0n) is 7.66. The van der Waals surface area contributed by atoms with E-state index in [4.69, 9.17) is 9.84 Å². The van der Waals surface area contributed by atoms with Crippen molar-refractivity contribution in [3.63, 3.8) is 0 Å². The van der Waals surface area contributed by atoms with Crippen molar-refractivity contribution < 1.29 is 19.4 Å². The molecule has 0 radical (unpaired) electrons. The molecule has 0 aromatic heterocycles. The number of allylic oxidation sites excluding steroid dienone is 1. The summed E-state index contributed by atoms with van der Waals surface area (Å²) < 4.78 is 4.78. The van der Waals surface area contributed by atoms with Crippen LogP contribution in [0.15, 0.2) is 12.2 Å². The van der Waals surface area contributed by atoms with Crippen molar-refractivity contribution in [3.8, 4) is 0 Å². The normalized spacial score (nSPS) is 10.2. The van der Waals surface area contributed by atoms with E-state index in [1.54, 1.807) is 0 Å². The highest BCUT2D eigenvalue weighted by atomic mass is 16.5. The fourth-order valence-electron chi connectivity index (χ4n) is 0.673. The molecule has 0 aliphatic rings. The highest BCUT2D eigenvalue weighted by Gasteiger charge is 1.99. The topological polar surface area (TPSA) is 63.6 Å². The summed E-state index contributed by atoms with van der Waals surface area (Å²) in [5.74, 6) is -1.28. The summed E-state index contributed by atoms with van der Waals surface area (Å²) in [6, 6.07) is 0. The van der Waals surface area contributed by atoms with Gasteiger partial charge in [-0.15, -0.1) is 0 Å². The Morgan fingerprint density at radius 2 is 2.15 bits per heavy atom. The summed E-state index contributed by atoms with van der Waals surface area (Å²) in [6.07, 6.45) is 3.91. The number of aliphatic carboxylic acids is 1. The van der Waals surface area contributed by atoms with Crippen LogP contribution < -0.4 is 0 Å². The smallest absolute Gasteiger partial charge is 0.327 e. The lowest BCUT2D eigenvalue weighted by molar-refractivity contribution is -0.143. The van der Waals surface area contributed by atoms with Gasteiger partial charge in [-0.2, -0.15) is 0 Å². The third-order valence-electron chi connectivity index (χ3n) is 1.24. The lowest BCUT2D eigenvalue weighted by atomic mass is 10.3. The van der Waals surface area contributed by atoms with Crippen LogP contribution in [0.3, 0.4) is 0 Å². The Balaban J connectivity index is 3.42. The lowest BCUT2D eigenvalue weighted by Crippen LogP contribution is -2.04. The van der Waals surface area contributed by atoms with Crippen molar-refractivity contribution in [1.82, 2.24) is 0 Å². The third kappa shape index (κ3) is 8.59. The summed E-state index contributed by atoms with van der Waals surface area (Å²) in [4.78, 5) is 20.9. The highest BCUT2D eigenvalue weighted by Crippen LogP contribution is 1.95. The number of hydrogen-bond acceptors (Lipinski definition) is 3. The maximum absolute atomic E-state index is 10.8. The number of carbonyl (C=O) groups is 2. The fourth-order valence-corrected chi connectivity index (χ4v) is 0.673. The number of ether oxygens (including phenoxy) is 1. The van der Waals surface area contributed by atoms with Crippen LogP contribution in [0.5, 0.6) is 0 Å². The maximum Gasteiger partial charge on any atom is 0.327 e. The summed E-state index contributed by atoms with van der Waals surface area (Å²) in [6.45, 7) is 2.35. The quantitative estimate of drug-likeness (QED) is 0.502. The molecular formula is C9H14O4. The Kier molecular flexibility index (Phi) is 6.59. The van der Waals surface area contributed by atoms with Crippen molar-refractivity contribution >= 4 is 11.9 Å². The second-order valence-corrected chi connectivity index (χ2v) is 2.50. The molecule has 0 rings (SSSR count). The van der Waals surface area contributed by atoms with Crippen molar-refractivity contribution in [1.29, 1.82) is 0 Å². The van der Waals surface area contributed by atoms with E-state index in [-0.39, 0.29) is 12.4 Å². The van der Waals surface area contributed by atoms with Gasteiger partial charge in [0.2, 0.25) is 0 Å². The molecule has 0 saturated heterocycles. The number of carbonyl (C=O) groups excluding carboxylic acids is 1. The van der Waals surface area contributed by atoms with E-state index < -0.39 is 5.97 Å². The van der Waals surface area contributed by atoms with Crippen LogP contribution in [0.2, 0.25) is 0 Å². The van der Waals surface area contributed by atoms with E-state index >= 15 is 0 Å².